The Kier molecular flexibility index (Phi) is 4.16. The zero-order valence-corrected chi connectivity index (χ0v) is 12.6. The number of piperazine rings is 1. The highest BCUT2D eigenvalue weighted by Gasteiger charge is 2.36. The van der Waals surface area contributed by atoms with Gasteiger partial charge in [0, 0.05) is 13.0 Å². The van der Waals surface area contributed by atoms with Crippen molar-refractivity contribution in [1.29, 1.82) is 0 Å². The minimum Gasteiger partial charge on any atom is -0.390 e. The van der Waals surface area contributed by atoms with Crippen molar-refractivity contribution in [1.82, 2.24) is 10.2 Å². The van der Waals surface area contributed by atoms with Crippen LogP contribution in [-0.2, 0) is 9.59 Å². The fourth-order valence-electron chi connectivity index (χ4n) is 3.19. The Morgan fingerprint density at radius 1 is 1.32 bits per heavy atom. The molecule has 1 atom stereocenters. The van der Waals surface area contributed by atoms with Crippen LogP contribution in [0.2, 0.25) is 0 Å². The molecule has 1 aliphatic carbocycles. The number of aliphatic hydroxyl groups is 1. The third kappa shape index (κ3) is 3.14. The molecule has 118 valence electrons. The average Bonchev–Trinajstić information content (AvgIpc) is 2.51. The van der Waals surface area contributed by atoms with Crippen LogP contribution in [0.1, 0.15) is 43.7 Å². The molecule has 1 aromatic carbocycles. The summed E-state index contributed by atoms with van der Waals surface area (Å²) in [4.78, 5) is 25.9. The van der Waals surface area contributed by atoms with E-state index in [1.807, 2.05) is 30.3 Å². The lowest BCUT2D eigenvalue weighted by Gasteiger charge is -2.39. The van der Waals surface area contributed by atoms with Crippen LogP contribution in [-0.4, -0.2) is 40.5 Å². The van der Waals surface area contributed by atoms with Crippen LogP contribution in [0.15, 0.2) is 30.3 Å². The van der Waals surface area contributed by atoms with E-state index < -0.39 is 5.60 Å². The highest BCUT2D eigenvalue weighted by Crippen LogP contribution is 2.36. The standard InChI is InChI=1S/C17H22N2O3/c20-15-12-19(16(21)7-10-17(22)8-4-9-17)14(11-18-15)13-5-2-1-3-6-13/h1-3,5-6,14,22H,4,7-12H2,(H,18,20). The second kappa shape index (κ2) is 6.08. The monoisotopic (exact) mass is 302 g/mol. The number of benzene rings is 1. The molecule has 1 saturated heterocycles. The summed E-state index contributed by atoms with van der Waals surface area (Å²) < 4.78 is 0. The van der Waals surface area contributed by atoms with Gasteiger partial charge in [0.1, 0.15) is 6.54 Å². The Morgan fingerprint density at radius 3 is 2.68 bits per heavy atom. The van der Waals surface area contributed by atoms with E-state index in [2.05, 4.69) is 5.32 Å². The van der Waals surface area contributed by atoms with E-state index in [0.29, 0.717) is 19.4 Å². The van der Waals surface area contributed by atoms with Crippen LogP contribution < -0.4 is 5.32 Å². The van der Waals surface area contributed by atoms with Crippen LogP contribution in [0.3, 0.4) is 0 Å². The van der Waals surface area contributed by atoms with Crippen molar-refractivity contribution in [3.05, 3.63) is 35.9 Å². The fraction of sp³-hybridized carbons (Fsp3) is 0.529. The molecule has 0 bridgehead atoms. The quantitative estimate of drug-likeness (QED) is 0.883. The van der Waals surface area contributed by atoms with Gasteiger partial charge in [0.05, 0.1) is 11.6 Å². The maximum Gasteiger partial charge on any atom is 0.239 e. The molecule has 0 aromatic heterocycles. The topological polar surface area (TPSA) is 69.6 Å². The summed E-state index contributed by atoms with van der Waals surface area (Å²) in [6.07, 6.45) is 3.38. The Bertz CT molecular complexity index is 554. The van der Waals surface area contributed by atoms with Gasteiger partial charge in [-0.2, -0.15) is 0 Å². The van der Waals surface area contributed by atoms with Gasteiger partial charge in [0.15, 0.2) is 0 Å². The molecule has 2 fully saturated rings. The lowest BCUT2D eigenvalue weighted by Crippen LogP contribution is -2.52. The molecule has 3 rings (SSSR count). The second-order valence-corrected chi connectivity index (χ2v) is 6.33. The maximum absolute atomic E-state index is 12.5. The molecule has 5 nitrogen and oxygen atoms in total. The second-order valence-electron chi connectivity index (χ2n) is 6.33. The zero-order valence-electron chi connectivity index (χ0n) is 12.6. The van der Waals surface area contributed by atoms with Gasteiger partial charge in [0.2, 0.25) is 11.8 Å². The summed E-state index contributed by atoms with van der Waals surface area (Å²) in [5.74, 6) is -0.174. The lowest BCUT2D eigenvalue weighted by atomic mass is 9.77. The Labute approximate surface area is 130 Å². The van der Waals surface area contributed by atoms with Crippen molar-refractivity contribution < 1.29 is 14.7 Å². The first-order valence-electron chi connectivity index (χ1n) is 7.91. The van der Waals surface area contributed by atoms with Gasteiger partial charge in [-0.15, -0.1) is 0 Å². The highest BCUT2D eigenvalue weighted by molar-refractivity contribution is 5.86. The van der Waals surface area contributed by atoms with E-state index in [0.717, 1.165) is 24.8 Å². The number of carbonyl (C=O) groups is 2. The Balaban J connectivity index is 1.69. The zero-order chi connectivity index (χ0) is 15.6. The normalized spacial score (nSPS) is 23.6. The van der Waals surface area contributed by atoms with Crippen LogP contribution in [0.25, 0.3) is 0 Å². The predicted molar refractivity (Wildman–Crippen MR) is 81.9 cm³/mol. The number of carbonyl (C=O) groups excluding carboxylic acids is 2. The third-order valence-corrected chi connectivity index (χ3v) is 4.78. The number of nitrogens with zero attached hydrogens (tertiary/aromatic N) is 1. The SMILES string of the molecule is O=C1CN(C(=O)CCC2(O)CCC2)C(c2ccccc2)CN1. The summed E-state index contributed by atoms with van der Waals surface area (Å²) in [7, 11) is 0. The molecule has 1 saturated carbocycles. The van der Waals surface area contributed by atoms with E-state index in [9.17, 15) is 14.7 Å². The predicted octanol–water partition coefficient (Wildman–Crippen LogP) is 1.38. The average molecular weight is 302 g/mol. The van der Waals surface area contributed by atoms with Gasteiger partial charge in [-0.1, -0.05) is 30.3 Å². The Morgan fingerprint density at radius 2 is 2.05 bits per heavy atom. The molecule has 1 heterocycles. The van der Waals surface area contributed by atoms with Gasteiger partial charge >= 0.3 is 0 Å². The van der Waals surface area contributed by atoms with Crippen molar-refractivity contribution in [3.63, 3.8) is 0 Å². The molecule has 5 heteroatoms. The lowest BCUT2D eigenvalue weighted by molar-refractivity contribution is -0.143. The van der Waals surface area contributed by atoms with Crippen molar-refractivity contribution in [2.45, 2.75) is 43.7 Å². The molecule has 1 aliphatic heterocycles. The molecular formula is C17H22N2O3. The van der Waals surface area contributed by atoms with E-state index in [1.54, 1.807) is 4.90 Å². The molecule has 0 radical (unpaired) electrons. The molecular weight excluding hydrogens is 280 g/mol. The first-order valence-corrected chi connectivity index (χ1v) is 7.91. The summed E-state index contributed by atoms with van der Waals surface area (Å²) in [5, 5.41) is 13.0. The number of hydrogen-bond donors (Lipinski definition) is 2. The van der Waals surface area contributed by atoms with Gasteiger partial charge in [-0.25, -0.2) is 0 Å². The molecule has 22 heavy (non-hydrogen) atoms. The summed E-state index contributed by atoms with van der Waals surface area (Å²) in [5.41, 5.74) is 0.369. The number of hydrogen-bond acceptors (Lipinski definition) is 3. The summed E-state index contributed by atoms with van der Waals surface area (Å²) in [6.45, 7) is 0.537. The van der Waals surface area contributed by atoms with Crippen LogP contribution >= 0.6 is 0 Å². The van der Waals surface area contributed by atoms with E-state index in [1.165, 1.54) is 0 Å². The van der Waals surface area contributed by atoms with Crippen LogP contribution in [0, 0.1) is 0 Å². The van der Waals surface area contributed by atoms with E-state index in [-0.39, 0.29) is 24.4 Å². The van der Waals surface area contributed by atoms with Gasteiger partial charge in [0.25, 0.3) is 0 Å². The molecule has 1 unspecified atom stereocenters. The number of rotatable bonds is 4. The summed E-state index contributed by atoms with van der Waals surface area (Å²) in [6, 6.07) is 9.63. The van der Waals surface area contributed by atoms with Gasteiger partial charge in [-0.05, 0) is 31.2 Å². The fourth-order valence-corrected chi connectivity index (χ4v) is 3.19. The largest absolute Gasteiger partial charge is 0.390 e. The number of amides is 2. The van der Waals surface area contributed by atoms with Crippen molar-refractivity contribution in [2.75, 3.05) is 13.1 Å². The summed E-state index contributed by atoms with van der Waals surface area (Å²) >= 11 is 0. The molecule has 1 aromatic rings. The van der Waals surface area contributed by atoms with Gasteiger partial charge < -0.3 is 15.3 Å². The van der Waals surface area contributed by atoms with Crippen LogP contribution in [0.4, 0.5) is 0 Å². The van der Waals surface area contributed by atoms with E-state index in [4.69, 9.17) is 0 Å². The molecule has 2 N–H and O–H groups in total. The minimum atomic E-state index is -0.657. The first kappa shape index (κ1) is 15.0. The first-order chi connectivity index (χ1) is 10.6. The van der Waals surface area contributed by atoms with Crippen molar-refractivity contribution in [2.24, 2.45) is 0 Å². The van der Waals surface area contributed by atoms with Crippen LogP contribution in [0.5, 0.6) is 0 Å². The van der Waals surface area contributed by atoms with Gasteiger partial charge in [-0.3, -0.25) is 9.59 Å². The van der Waals surface area contributed by atoms with E-state index >= 15 is 0 Å². The smallest absolute Gasteiger partial charge is 0.239 e. The highest BCUT2D eigenvalue weighted by atomic mass is 16.3. The number of nitrogens with one attached hydrogen (secondary N) is 1. The minimum absolute atomic E-state index is 0.0518. The molecule has 2 amide bonds. The van der Waals surface area contributed by atoms with Crippen molar-refractivity contribution >= 4 is 11.8 Å². The Hall–Kier alpha value is -1.88. The molecule has 0 spiro atoms. The third-order valence-electron chi connectivity index (χ3n) is 4.78. The maximum atomic E-state index is 12.5. The van der Waals surface area contributed by atoms with Crippen molar-refractivity contribution in [3.8, 4) is 0 Å². The molecule has 2 aliphatic rings.